The molecule has 6 nitrogen and oxygen atoms in total. The second-order valence-electron chi connectivity index (χ2n) is 4.20. The molecule has 1 aromatic carbocycles. The summed E-state index contributed by atoms with van der Waals surface area (Å²) in [5.41, 5.74) is 12.8. The normalized spacial score (nSPS) is 10.6. The van der Waals surface area contributed by atoms with Crippen molar-refractivity contribution in [2.45, 2.75) is 26.7 Å². The maximum Gasteiger partial charge on any atom is 0.248 e. The number of rotatable bonds is 4. The van der Waals surface area contributed by atoms with E-state index in [2.05, 4.69) is 10.1 Å². The van der Waals surface area contributed by atoms with Gasteiger partial charge >= 0.3 is 0 Å². The lowest BCUT2D eigenvalue weighted by atomic mass is 10.1. The van der Waals surface area contributed by atoms with Crippen LogP contribution in [0.15, 0.2) is 18.2 Å². The molecule has 0 saturated heterocycles. The molecular formula is C13H17N5O. The predicted octanol–water partition coefficient (Wildman–Crippen LogP) is 1.07. The van der Waals surface area contributed by atoms with Crippen LogP contribution in [0.4, 0.5) is 5.69 Å². The predicted molar refractivity (Wildman–Crippen MR) is 73.0 cm³/mol. The minimum atomic E-state index is -0.491. The molecule has 2 rings (SSSR count). The first-order valence-electron chi connectivity index (χ1n) is 6.21. The highest BCUT2D eigenvalue weighted by molar-refractivity contribution is 5.94. The number of carbonyl (C=O) groups excluding carboxylic acids is 1. The van der Waals surface area contributed by atoms with Crippen LogP contribution in [-0.2, 0) is 12.8 Å². The van der Waals surface area contributed by atoms with E-state index in [-0.39, 0.29) is 0 Å². The minimum Gasteiger partial charge on any atom is -0.397 e. The van der Waals surface area contributed by atoms with Crippen molar-refractivity contribution in [2.24, 2.45) is 5.73 Å². The van der Waals surface area contributed by atoms with E-state index < -0.39 is 5.91 Å². The first-order valence-corrected chi connectivity index (χ1v) is 6.21. The van der Waals surface area contributed by atoms with E-state index in [1.807, 2.05) is 13.8 Å². The molecule has 0 fully saturated rings. The van der Waals surface area contributed by atoms with Gasteiger partial charge in [0.05, 0.1) is 11.4 Å². The third kappa shape index (κ3) is 2.42. The lowest BCUT2D eigenvalue weighted by Crippen LogP contribution is -2.13. The fourth-order valence-corrected chi connectivity index (χ4v) is 1.84. The smallest absolute Gasteiger partial charge is 0.248 e. The summed E-state index contributed by atoms with van der Waals surface area (Å²) in [4.78, 5) is 15.7. The molecule has 0 spiro atoms. The van der Waals surface area contributed by atoms with Crippen molar-refractivity contribution < 1.29 is 4.79 Å². The van der Waals surface area contributed by atoms with Crippen LogP contribution in [0.2, 0.25) is 0 Å². The van der Waals surface area contributed by atoms with Crippen molar-refractivity contribution in [3.63, 3.8) is 0 Å². The minimum absolute atomic E-state index is 0.403. The molecule has 1 heterocycles. The van der Waals surface area contributed by atoms with Crippen molar-refractivity contribution in [2.75, 3.05) is 5.73 Å². The summed E-state index contributed by atoms with van der Waals surface area (Å²) >= 11 is 0. The maximum absolute atomic E-state index is 11.2. The van der Waals surface area contributed by atoms with E-state index in [1.54, 1.807) is 22.9 Å². The zero-order valence-electron chi connectivity index (χ0n) is 11.1. The lowest BCUT2D eigenvalue weighted by molar-refractivity contribution is 0.100. The zero-order chi connectivity index (χ0) is 14.0. The molecule has 2 aromatic rings. The summed E-state index contributed by atoms with van der Waals surface area (Å²) in [6.07, 6.45) is 1.47. The molecule has 0 aliphatic heterocycles. The molecule has 19 heavy (non-hydrogen) atoms. The molecule has 100 valence electrons. The van der Waals surface area contributed by atoms with Gasteiger partial charge in [-0.25, -0.2) is 9.67 Å². The summed E-state index contributed by atoms with van der Waals surface area (Å²) in [7, 11) is 0. The van der Waals surface area contributed by atoms with E-state index in [0.717, 1.165) is 24.5 Å². The highest BCUT2D eigenvalue weighted by Crippen LogP contribution is 2.20. The van der Waals surface area contributed by atoms with E-state index in [4.69, 9.17) is 11.5 Å². The Hall–Kier alpha value is -2.37. The van der Waals surface area contributed by atoms with Gasteiger partial charge in [0.2, 0.25) is 5.91 Å². The Labute approximate surface area is 111 Å². The van der Waals surface area contributed by atoms with Crippen molar-refractivity contribution in [3.8, 4) is 5.69 Å². The molecule has 4 N–H and O–H groups in total. The number of amides is 1. The number of benzene rings is 1. The van der Waals surface area contributed by atoms with Crippen LogP contribution in [0.1, 0.15) is 35.9 Å². The number of primary amides is 1. The first-order chi connectivity index (χ1) is 9.06. The van der Waals surface area contributed by atoms with Crippen molar-refractivity contribution in [1.82, 2.24) is 14.8 Å². The molecule has 0 unspecified atom stereocenters. The standard InChI is InChI=1S/C13H17N5O/c1-3-11-16-12(4-2)18(17-11)10-7-8(13(15)19)5-6-9(10)14/h5-7H,3-4,14H2,1-2H3,(H2,15,19). The summed E-state index contributed by atoms with van der Waals surface area (Å²) in [6, 6.07) is 4.90. The molecule has 0 saturated carbocycles. The average molecular weight is 259 g/mol. The Balaban J connectivity index is 2.60. The molecule has 0 aliphatic carbocycles. The van der Waals surface area contributed by atoms with Crippen LogP contribution in [0.5, 0.6) is 0 Å². The fourth-order valence-electron chi connectivity index (χ4n) is 1.84. The molecule has 6 heteroatoms. The highest BCUT2D eigenvalue weighted by atomic mass is 16.1. The van der Waals surface area contributed by atoms with Gasteiger partial charge < -0.3 is 11.5 Å². The Kier molecular flexibility index (Phi) is 3.50. The Morgan fingerprint density at radius 1 is 1.32 bits per heavy atom. The van der Waals surface area contributed by atoms with E-state index in [0.29, 0.717) is 16.9 Å². The van der Waals surface area contributed by atoms with Gasteiger partial charge in [-0.05, 0) is 18.2 Å². The maximum atomic E-state index is 11.2. The SMILES string of the molecule is CCc1nc(CC)n(-c2cc(C(N)=O)ccc2N)n1. The van der Waals surface area contributed by atoms with Gasteiger partial charge in [0.25, 0.3) is 0 Å². The number of nitrogens with two attached hydrogens (primary N) is 2. The Morgan fingerprint density at radius 3 is 2.63 bits per heavy atom. The molecular weight excluding hydrogens is 242 g/mol. The number of anilines is 1. The number of carbonyl (C=O) groups is 1. The Morgan fingerprint density at radius 2 is 2.05 bits per heavy atom. The summed E-state index contributed by atoms with van der Waals surface area (Å²) in [6.45, 7) is 3.98. The molecule has 0 bridgehead atoms. The number of aryl methyl sites for hydroxylation is 2. The zero-order valence-corrected chi connectivity index (χ0v) is 11.1. The first kappa shape index (κ1) is 13.1. The van der Waals surface area contributed by atoms with E-state index in [9.17, 15) is 4.79 Å². The summed E-state index contributed by atoms with van der Waals surface area (Å²) in [5, 5.41) is 4.40. The van der Waals surface area contributed by atoms with Gasteiger partial charge in [-0.3, -0.25) is 4.79 Å². The van der Waals surface area contributed by atoms with E-state index in [1.165, 1.54) is 0 Å². The summed E-state index contributed by atoms with van der Waals surface area (Å²) in [5.74, 6) is 1.07. The molecule has 0 atom stereocenters. The Bertz CT molecular complexity index is 617. The van der Waals surface area contributed by atoms with Crippen LogP contribution in [-0.4, -0.2) is 20.7 Å². The van der Waals surface area contributed by atoms with E-state index >= 15 is 0 Å². The van der Waals surface area contributed by atoms with Crippen LogP contribution < -0.4 is 11.5 Å². The highest BCUT2D eigenvalue weighted by Gasteiger charge is 2.13. The van der Waals surface area contributed by atoms with Gasteiger partial charge in [0.1, 0.15) is 5.82 Å². The average Bonchev–Trinajstić information content (AvgIpc) is 2.82. The third-order valence-electron chi connectivity index (χ3n) is 2.89. The van der Waals surface area contributed by atoms with Gasteiger partial charge in [0, 0.05) is 18.4 Å². The molecule has 1 amide bonds. The lowest BCUT2D eigenvalue weighted by Gasteiger charge is -2.09. The third-order valence-corrected chi connectivity index (χ3v) is 2.89. The number of aromatic nitrogens is 3. The fraction of sp³-hybridized carbons (Fsp3) is 0.308. The summed E-state index contributed by atoms with van der Waals surface area (Å²) < 4.78 is 1.68. The number of nitrogen functional groups attached to an aromatic ring is 1. The second kappa shape index (κ2) is 5.09. The topological polar surface area (TPSA) is 99.8 Å². The number of nitrogens with zero attached hydrogens (tertiary/aromatic N) is 3. The quantitative estimate of drug-likeness (QED) is 0.802. The van der Waals surface area contributed by atoms with Gasteiger partial charge in [-0.2, -0.15) is 5.10 Å². The van der Waals surface area contributed by atoms with Crippen LogP contribution in [0, 0.1) is 0 Å². The second-order valence-corrected chi connectivity index (χ2v) is 4.20. The van der Waals surface area contributed by atoms with Crippen LogP contribution >= 0.6 is 0 Å². The monoisotopic (exact) mass is 259 g/mol. The van der Waals surface area contributed by atoms with Crippen LogP contribution in [0.3, 0.4) is 0 Å². The number of hydrogen-bond acceptors (Lipinski definition) is 4. The van der Waals surface area contributed by atoms with Gasteiger partial charge in [-0.15, -0.1) is 0 Å². The van der Waals surface area contributed by atoms with Crippen molar-refractivity contribution in [3.05, 3.63) is 35.4 Å². The van der Waals surface area contributed by atoms with Crippen LogP contribution in [0.25, 0.3) is 5.69 Å². The van der Waals surface area contributed by atoms with Gasteiger partial charge in [0.15, 0.2) is 5.82 Å². The molecule has 1 aromatic heterocycles. The number of hydrogen-bond donors (Lipinski definition) is 2. The molecule has 0 radical (unpaired) electrons. The molecule has 0 aliphatic rings. The largest absolute Gasteiger partial charge is 0.397 e. The van der Waals surface area contributed by atoms with Crippen molar-refractivity contribution >= 4 is 11.6 Å². The van der Waals surface area contributed by atoms with Crippen molar-refractivity contribution in [1.29, 1.82) is 0 Å². The van der Waals surface area contributed by atoms with Gasteiger partial charge in [-0.1, -0.05) is 13.8 Å².